The number of halogens is 1. The second kappa shape index (κ2) is 10.9. The molecule has 0 aliphatic carbocycles. The molecule has 0 spiro atoms. The van der Waals surface area contributed by atoms with E-state index in [2.05, 4.69) is 63.0 Å². The highest BCUT2D eigenvalue weighted by atomic mass is 35.5. The number of amides is 1. The Morgan fingerprint density at radius 1 is 1.11 bits per heavy atom. The first-order chi connectivity index (χ1) is 16.8. The SMILES string of the molecule is C=CC(=O)Nc1cc(C)cc(-c2nc(Nc3cccc(N4CCN(C(C)C)CC4)c3)ncc2Cl)c1. The molecule has 8 heteroatoms. The lowest BCUT2D eigenvalue weighted by Gasteiger charge is -2.38. The molecule has 2 aromatic carbocycles. The molecule has 0 radical (unpaired) electrons. The highest BCUT2D eigenvalue weighted by molar-refractivity contribution is 6.33. The van der Waals surface area contributed by atoms with E-state index in [1.807, 2.05) is 37.3 Å². The molecule has 0 saturated carbocycles. The lowest BCUT2D eigenvalue weighted by atomic mass is 10.1. The number of nitrogens with one attached hydrogen (secondary N) is 2. The van der Waals surface area contributed by atoms with E-state index < -0.39 is 0 Å². The molecule has 35 heavy (non-hydrogen) atoms. The van der Waals surface area contributed by atoms with Crippen molar-refractivity contribution in [2.45, 2.75) is 26.8 Å². The van der Waals surface area contributed by atoms with Gasteiger partial charge < -0.3 is 15.5 Å². The van der Waals surface area contributed by atoms with E-state index in [1.54, 1.807) is 6.20 Å². The number of benzene rings is 2. The van der Waals surface area contributed by atoms with Gasteiger partial charge in [-0.3, -0.25) is 9.69 Å². The Hall–Kier alpha value is -3.42. The van der Waals surface area contributed by atoms with Crippen LogP contribution in [0.25, 0.3) is 11.3 Å². The summed E-state index contributed by atoms with van der Waals surface area (Å²) >= 11 is 6.47. The van der Waals surface area contributed by atoms with Crippen molar-refractivity contribution in [3.8, 4) is 11.3 Å². The van der Waals surface area contributed by atoms with Gasteiger partial charge in [0.15, 0.2) is 0 Å². The van der Waals surface area contributed by atoms with E-state index in [1.165, 1.54) is 11.8 Å². The van der Waals surface area contributed by atoms with Crippen LogP contribution >= 0.6 is 11.6 Å². The van der Waals surface area contributed by atoms with E-state index in [9.17, 15) is 4.79 Å². The molecule has 2 heterocycles. The van der Waals surface area contributed by atoms with Crippen molar-refractivity contribution in [1.82, 2.24) is 14.9 Å². The fourth-order valence-electron chi connectivity index (χ4n) is 4.22. The standard InChI is InChI=1S/C27H31ClN6O/c1-5-25(35)30-22-14-19(4)13-20(15-22)26-24(28)17-29-27(32-26)31-21-7-6-8-23(16-21)34-11-9-33(10-12-34)18(2)3/h5-8,13-18H,1,9-12H2,2-4H3,(H,30,35)(H,29,31,32). The Bertz CT molecular complexity index is 1220. The molecule has 3 aromatic rings. The first kappa shape index (κ1) is 24.7. The zero-order valence-corrected chi connectivity index (χ0v) is 21.1. The minimum absolute atomic E-state index is 0.275. The molecular formula is C27H31ClN6O. The number of aromatic nitrogens is 2. The summed E-state index contributed by atoms with van der Waals surface area (Å²) in [7, 11) is 0. The van der Waals surface area contributed by atoms with Crippen LogP contribution in [0.2, 0.25) is 5.02 Å². The maximum atomic E-state index is 11.8. The fourth-order valence-corrected chi connectivity index (χ4v) is 4.42. The molecule has 1 amide bonds. The van der Waals surface area contributed by atoms with Crippen molar-refractivity contribution in [3.05, 3.63) is 71.9 Å². The summed E-state index contributed by atoms with van der Waals surface area (Å²) in [5.74, 6) is 0.174. The molecule has 0 bridgehead atoms. The van der Waals surface area contributed by atoms with Crippen molar-refractivity contribution in [1.29, 1.82) is 0 Å². The third-order valence-electron chi connectivity index (χ3n) is 6.06. The molecule has 1 aliphatic heterocycles. The predicted molar refractivity (Wildman–Crippen MR) is 145 cm³/mol. The molecule has 7 nitrogen and oxygen atoms in total. The number of carbonyl (C=O) groups is 1. The van der Waals surface area contributed by atoms with Crippen LogP contribution < -0.4 is 15.5 Å². The number of piperazine rings is 1. The first-order valence-corrected chi connectivity index (χ1v) is 12.1. The van der Waals surface area contributed by atoms with E-state index in [0.717, 1.165) is 43.0 Å². The molecule has 1 aliphatic rings. The van der Waals surface area contributed by atoms with Gasteiger partial charge in [-0.2, -0.15) is 0 Å². The summed E-state index contributed by atoms with van der Waals surface area (Å²) in [5, 5.41) is 6.54. The second-order valence-corrected chi connectivity index (χ2v) is 9.37. The Labute approximate surface area is 211 Å². The summed E-state index contributed by atoms with van der Waals surface area (Å²) in [4.78, 5) is 25.7. The summed E-state index contributed by atoms with van der Waals surface area (Å²) in [5.41, 5.74) is 5.08. The topological polar surface area (TPSA) is 73.4 Å². The number of carbonyl (C=O) groups excluding carboxylic acids is 1. The highest BCUT2D eigenvalue weighted by Gasteiger charge is 2.19. The van der Waals surface area contributed by atoms with Gasteiger partial charge in [0.25, 0.3) is 0 Å². The van der Waals surface area contributed by atoms with Gasteiger partial charge in [-0.05, 0) is 68.8 Å². The van der Waals surface area contributed by atoms with Gasteiger partial charge in [0.1, 0.15) is 0 Å². The van der Waals surface area contributed by atoms with Gasteiger partial charge in [-0.15, -0.1) is 0 Å². The highest BCUT2D eigenvalue weighted by Crippen LogP contribution is 2.30. The minimum atomic E-state index is -0.275. The van der Waals surface area contributed by atoms with Crippen molar-refractivity contribution in [3.63, 3.8) is 0 Å². The number of rotatable bonds is 7. The average Bonchev–Trinajstić information content (AvgIpc) is 2.85. The van der Waals surface area contributed by atoms with Crippen LogP contribution in [0.15, 0.2) is 61.3 Å². The van der Waals surface area contributed by atoms with Crippen LogP contribution in [0.1, 0.15) is 19.4 Å². The third kappa shape index (κ3) is 6.18. The number of anilines is 4. The fraction of sp³-hybridized carbons (Fsp3) is 0.296. The quantitative estimate of drug-likeness (QED) is 0.426. The molecular weight excluding hydrogens is 460 g/mol. The van der Waals surface area contributed by atoms with Gasteiger partial charge in [-0.25, -0.2) is 9.97 Å². The third-order valence-corrected chi connectivity index (χ3v) is 6.34. The molecule has 0 atom stereocenters. The van der Waals surface area contributed by atoms with Crippen molar-refractivity contribution >= 4 is 40.5 Å². The lowest BCUT2D eigenvalue weighted by molar-refractivity contribution is -0.111. The van der Waals surface area contributed by atoms with Crippen molar-refractivity contribution < 1.29 is 4.79 Å². The van der Waals surface area contributed by atoms with Gasteiger partial charge in [0.2, 0.25) is 11.9 Å². The van der Waals surface area contributed by atoms with E-state index >= 15 is 0 Å². The first-order valence-electron chi connectivity index (χ1n) is 11.8. The lowest BCUT2D eigenvalue weighted by Crippen LogP contribution is -2.48. The summed E-state index contributed by atoms with van der Waals surface area (Å²) < 4.78 is 0. The zero-order chi connectivity index (χ0) is 24.9. The molecule has 182 valence electrons. The number of hydrogen-bond acceptors (Lipinski definition) is 6. The van der Waals surface area contributed by atoms with Crippen LogP contribution in [0.4, 0.5) is 23.0 Å². The Balaban J connectivity index is 1.54. The monoisotopic (exact) mass is 490 g/mol. The molecule has 2 N–H and O–H groups in total. The average molecular weight is 491 g/mol. The smallest absolute Gasteiger partial charge is 0.247 e. The van der Waals surface area contributed by atoms with Gasteiger partial charge in [0.05, 0.1) is 16.9 Å². The van der Waals surface area contributed by atoms with E-state index in [0.29, 0.717) is 28.4 Å². The number of aryl methyl sites for hydroxylation is 1. The Kier molecular flexibility index (Phi) is 7.68. The van der Waals surface area contributed by atoms with Crippen LogP contribution in [0, 0.1) is 6.92 Å². The van der Waals surface area contributed by atoms with E-state index in [-0.39, 0.29) is 5.91 Å². The predicted octanol–water partition coefficient (Wildman–Crippen LogP) is 5.50. The van der Waals surface area contributed by atoms with Gasteiger partial charge >= 0.3 is 0 Å². The summed E-state index contributed by atoms with van der Waals surface area (Å²) in [6.07, 6.45) is 2.82. The van der Waals surface area contributed by atoms with Crippen LogP contribution in [0.3, 0.4) is 0 Å². The second-order valence-electron chi connectivity index (χ2n) is 8.96. The maximum Gasteiger partial charge on any atom is 0.247 e. The molecule has 1 aromatic heterocycles. The molecule has 1 saturated heterocycles. The van der Waals surface area contributed by atoms with Crippen molar-refractivity contribution in [2.75, 3.05) is 41.7 Å². The summed E-state index contributed by atoms with van der Waals surface area (Å²) in [6.45, 7) is 14.1. The Morgan fingerprint density at radius 3 is 2.60 bits per heavy atom. The zero-order valence-electron chi connectivity index (χ0n) is 20.4. The number of nitrogens with zero attached hydrogens (tertiary/aromatic N) is 4. The van der Waals surface area contributed by atoms with E-state index in [4.69, 9.17) is 11.6 Å². The normalized spacial score (nSPS) is 14.1. The van der Waals surface area contributed by atoms with Crippen molar-refractivity contribution in [2.24, 2.45) is 0 Å². The molecule has 1 fully saturated rings. The van der Waals surface area contributed by atoms with Crippen LogP contribution in [-0.2, 0) is 4.79 Å². The van der Waals surface area contributed by atoms with Crippen LogP contribution in [-0.4, -0.2) is 53.0 Å². The number of hydrogen-bond donors (Lipinski definition) is 2. The summed E-state index contributed by atoms with van der Waals surface area (Å²) in [6, 6.07) is 14.6. The minimum Gasteiger partial charge on any atom is -0.369 e. The maximum absolute atomic E-state index is 11.8. The molecule has 4 rings (SSSR count). The van der Waals surface area contributed by atoms with Crippen LogP contribution in [0.5, 0.6) is 0 Å². The largest absolute Gasteiger partial charge is 0.369 e. The molecule has 0 unspecified atom stereocenters. The Morgan fingerprint density at radius 2 is 1.89 bits per heavy atom. The van der Waals surface area contributed by atoms with Gasteiger partial charge in [0, 0.05) is 54.8 Å². The van der Waals surface area contributed by atoms with Gasteiger partial charge in [-0.1, -0.05) is 24.2 Å².